The van der Waals surface area contributed by atoms with Crippen molar-refractivity contribution >= 4 is 23.9 Å². The molecule has 25 heavy (non-hydrogen) atoms. The monoisotopic (exact) mass is 346 g/mol. The average Bonchev–Trinajstić information content (AvgIpc) is 2.55. The largest absolute Gasteiger partial charge is 0.478 e. The first-order valence-electron chi connectivity index (χ1n) is 6.78. The van der Waals surface area contributed by atoms with Crippen LogP contribution in [-0.2, 0) is 0 Å². The van der Waals surface area contributed by atoms with Crippen LogP contribution in [0.3, 0.4) is 0 Å². The van der Waals surface area contributed by atoms with Gasteiger partial charge in [-0.15, -0.1) is 0 Å². The van der Waals surface area contributed by atoms with Gasteiger partial charge < -0.3 is 20.4 Å². The molecule has 130 valence electrons. The molecule has 0 unspecified atom stereocenters. The quantitative estimate of drug-likeness (QED) is 0.659. The molecule has 0 aromatic heterocycles. The van der Waals surface area contributed by atoms with Crippen LogP contribution in [0, 0.1) is 6.92 Å². The zero-order valence-corrected chi connectivity index (χ0v) is 13.0. The van der Waals surface area contributed by atoms with Gasteiger partial charge in [-0.05, 0) is 36.8 Å². The van der Waals surface area contributed by atoms with E-state index >= 15 is 0 Å². The van der Waals surface area contributed by atoms with Crippen LogP contribution in [0.5, 0.6) is 0 Å². The standard InChI is InChI=1S/C9H8O4.C8H6O4/c1-5-2-3-6(8(10)11)4-7(5)9(12)13;9-7(10)5-3-1-2-4-6(5)8(11)12/h2-4H,1H3,(H,10,11)(H,12,13);1-4H,(H,9,10)(H,11,12). The summed E-state index contributed by atoms with van der Waals surface area (Å²) in [4.78, 5) is 42.0. The van der Waals surface area contributed by atoms with Gasteiger partial charge in [-0.2, -0.15) is 0 Å². The highest BCUT2D eigenvalue weighted by Gasteiger charge is 2.13. The Kier molecular flexibility index (Phi) is 6.39. The molecule has 0 saturated heterocycles. The third-order valence-electron chi connectivity index (χ3n) is 3.10. The van der Waals surface area contributed by atoms with Crippen molar-refractivity contribution in [3.63, 3.8) is 0 Å². The van der Waals surface area contributed by atoms with Gasteiger partial charge in [0.2, 0.25) is 0 Å². The van der Waals surface area contributed by atoms with E-state index in [0.29, 0.717) is 5.56 Å². The fourth-order valence-corrected chi connectivity index (χ4v) is 1.84. The number of aryl methyl sites for hydroxylation is 1. The molecule has 0 bridgehead atoms. The zero-order valence-electron chi connectivity index (χ0n) is 13.0. The molecule has 0 heterocycles. The summed E-state index contributed by atoms with van der Waals surface area (Å²) in [6.07, 6.45) is 0. The van der Waals surface area contributed by atoms with Gasteiger partial charge in [0.25, 0.3) is 0 Å². The van der Waals surface area contributed by atoms with Gasteiger partial charge in [0, 0.05) is 0 Å². The van der Waals surface area contributed by atoms with Crippen LogP contribution < -0.4 is 0 Å². The maximum Gasteiger partial charge on any atom is 0.336 e. The second-order valence-electron chi connectivity index (χ2n) is 4.80. The summed E-state index contributed by atoms with van der Waals surface area (Å²) < 4.78 is 0. The molecule has 2 rings (SSSR count). The fraction of sp³-hybridized carbons (Fsp3) is 0.0588. The van der Waals surface area contributed by atoms with E-state index in [1.54, 1.807) is 6.92 Å². The second kappa shape index (κ2) is 8.25. The van der Waals surface area contributed by atoms with E-state index < -0.39 is 23.9 Å². The van der Waals surface area contributed by atoms with Gasteiger partial charge in [-0.25, -0.2) is 19.2 Å². The first kappa shape index (κ1) is 19.4. The van der Waals surface area contributed by atoms with E-state index in [-0.39, 0.29) is 22.3 Å². The molecule has 2 aromatic rings. The third kappa shape index (κ3) is 5.17. The molecule has 0 fully saturated rings. The highest BCUT2D eigenvalue weighted by Crippen LogP contribution is 2.11. The molecule has 0 amide bonds. The lowest BCUT2D eigenvalue weighted by molar-refractivity contribution is 0.0651. The number of aromatic carboxylic acids is 4. The number of benzene rings is 2. The van der Waals surface area contributed by atoms with Crippen molar-refractivity contribution in [2.75, 3.05) is 0 Å². The van der Waals surface area contributed by atoms with E-state index in [1.807, 2.05) is 0 Å². The second-order valence-corrected chi connectivity index (χ2v) is 4.80. The van der Waals surface area contributed by atoms with Gasteiger partial charge >= 0.3 is 23.9 Å². The Morgan fingerprint density at radius 1 is 0.640 bits per heavy atom. The average molecular weight is 346 g/mol. The highest BCUT2D eigenvalue weighted by atomic mass is 16.4. The summed E-state index contributed by atoms with van der Waals surface area (Å²) in [6, 6.07) is 9.49. The van der Waals surface area contributed by atoms with Crippen molar-refractivity contribution in [2.45, 2.75) is 6.92 Å². The van der Waals surface area contributed by atoms with Crippen LogP contribution in [0.25, 0.3) is 0 Å². The van der Waals surface area contributed by atoms with Crippen molar-refractivity contribution < 1.29 is 39.6 Å². The molecule has 0 aliphatic heterocycles. The van der Waals surface area contributed by atoms with Crippen molar-refractivity contribution in [1.29, 1.82) is 0 Å². The third-order valence-corrected chi connectivity index (χ3v) is 3.10. The molecule has 4 N–H and O–H groups in total. The van der Waals surface area contributed by atoms with Gasteiger partial charge in [0.05, 0.1) is 22.3 Å². The number of hydrogen-bond donors (Lipinski definition) is 4. The predicted molar refractivity (Wildman–Crippen MR) is 85.5 cm³/mol. The van der Waals surface area contributed by atoms with Gasteiger partial charge in [-0.3, -0.25) is 0 Å². The maximum atomic E-state index is 10.6. The maximum absolute atomic E-state index is 10.6. The Morgan fingerprint density at radius 3 is 1.44 bits per heavy atom. The molecule has 8 nitrogen and oxygen atoms in total. The van der Waals surface area contributed by atoms with Gasteiger partial charge in [-0.1, -0.05) is 18.2 Å². The molecule has 0 aliphatic rings. The molecule has 0 saturated carbocycles. The lowest BCUT2D eigenvalue weighted by Gasteiger charge is -2.01. The Morgan fingerprint density at radius 2 is 1.08 bits per heavy atom. The lowest BCUT2D eigenvalue weighted by atomic mass is 10.1. The van der Waals surface area contributed by atoms with Crippen molar-refractivity contribution in [1.82, 2.24) is 0 Å². The summed E-state index contributed by atoms with van der Waals surface area (Å²) in [6.45, 7) is 1.62. The van der Waals surface area contributed by atoms with E-state index in [2.05, 4.69) is 0 Å². The molecular weight excluding hydrogens is 332 g/mol. The Balaban J connectivity index is 0.000000251. The van der Waals surface area contributed by atoms with E-state index in [0.717, 1.165) is 6.07 Å². The summed E-state index contributed by atoms with van der Waals surface area (Å²) in [5, 5.41) is 34.4. The predicted octanol–water partition coefficient (Wildman–Crippen LogP) is 2.47. The molecule has 0 spiro atoms. The smallest absolute Gasteiger partial charge is 0.336 e. The van der Waals surface area contributed by atoms with Crippen molar-refractivity contribution in [3.05, 3.63) is 70.3 Å². The first-order valence-corrected chi connectivity index (χ1v) is 6.78. The van der Waals surface area contributed by atoms with Gasteiger partial charge in [0.15, 0.2) is 0 Å². The van der Waals surface area contributed by atoms with E-state index in [9.17, 15) is 19.2 Å². The number of hydrogen-bond acceptors (Lipinski definition) is 4. The Hall–Kier alpha value is -3.68. The summed E-state index contributed by atoms with van der Waals surface area (Å²) in [7, 11) is 0. The zero-order chi connectivity index (χ0) is 19.1. The molecule has 0 radical (unpaired) electrons. The van der Waals surface area contributed by atoms with Crippen LogP contribution >= 0.6 is 0 Å². The minimum atomic E-state index is -1.23. The van der Waals surface area contributed by atoms with Crippen LogP contribution in [0.15, 0.2) is 42.5 Å². The first-order chi connectivity index (χ1) is 11.6. The Bertz CT molecular complexity index is 805. The Labute approximate surface area is 141 Å². The fourth-order valence-electron chi connectivity index (χ4n) is 1.84. The van der Waals surface area contributed by atoms with Crippen LogP contribution in [0.1, 0.15) is 47.0 Å². The summed E-state index contributed by atoms with van der Waals surface area (Å²) >= 11 is 0. The molecule has 2 aromatic carbocycles. The number of rotatable bonds is 4. The number of carbonyl (C=O) groups is 4. The minimum Gasteiger partial charge on any atom is -0.478 e. The van der Waals surface area contributed by atoms with Crippen molar-refractivity contribution in [3.8, 4) is 0 Å². The number of carboxylic acids is 4. The molecule has 8 heteroatoms. The van der Waals surface area contributed by atoms with Crippen LogP contribution in [-0.4, -0.2) is 44.3 Å². The SMILES string of the molecule is Cc1ccc(C(=O)O)cc1C(=O)O.O=C(O)c1ccccc1C(=O)O. The van der Waals surface area contributed by atoms with E-state index in [4.69, 9.17) is 20.4 Å². The molecular formula is C17H14O8. The highest BCUT2D eigenvalue weighted by molar-refractivity contribution is 6.01. The normalized spacial score (nSPS) is 9.48. The summed E-state index contributed by atoms with van der Waals surface area (Å²) in [5.41, 5.74) is 0.190. The topological polar surface area (TPSA) is 149 Å². The summed E-state index contributed by atoms with van der Waals surface area (Å²) in [5.74, 6) is -4.69. The van der Waals surface area contributed by atoms with Crippen LogP contribution in [0.2, 0.25) is 0 Å². The van der Waals surface area contributed by atoms with Crippen LogP contribution in [0.4, 0.5) is 0 Å². The minimum absolute atomic E-state index is 0.0111. The molecule has 0 atom stereocenters. The van der Waals surface area contributed by atoms with E-state index in [1.165, 1.54) is 36.4 Å². The lowest BCUT2D eigenvalue weighted by Crippen LogP contribution is -2.06. The van der Waals surface area contributed by atoms with Gasteiger partial charge in [0.1, 0.15) is 0 Å². The molecule has 0 aliphatic carbocycles. The number of carboxylic acid groups (broad SMARTS) is 4. The van der Waals surface area contributed by atoms with Crippen molar-refractivity contribution in [2.24, 2.45) is 0 Å².